The second-order valence-electron chi connectivity index (χ2n) is 7.19. The SMILES string of the molecule is COc1ccc(OC)c(NC(=O)CCCN2C(=O)c3cccc4cccc(c34)C2=O)c1. The normalized spacial score (nSPS) is 12.8. The molecule has 1 heterocycles. The lowest BCUT2D eigenvalue weighted by Gasteiger charge is -2.27. The fourth-order valence-corrected chi connectivity index (χ4v) is 3.81. The van der Waals surface area contributed by atoms with Crippen molar-refractivity contribution in [3.63, 3.8) is 0 Å². The smallest absolute Gasteiger partial charge is 0.261 e. The van der Waals surface area contributed by atoms with Crippen molar-refractivity contribution in [2.75, 3.05) is 26.1 Å². The Kier molecular flexibility index (Phi) is 5.58. The highest BCUT2D eigenvalue weighted by Gasteiger charge is 2.32. The van der Waals surface area contributed by atoms with Gasteiger partial charge in [0.25, 0.3) is 11.8 Å². The Morgan fingerprint density at radius 1 is 0.935 bits per heavy atom. The zero-order valence-corrected chi connectivity index (χ0v) is 17.3. The first-order valence-electron chi connectivity index (χ1n) is 9.93. The summed E-state index contributed by atoms with van der Waals surface area (Å²) in [4.78, 5) is 39.5. The van der Waals surface area contributed by atoms with Gasteiger partial charge in [0.1, 0.15) is 11.5 Å². The fraction of sp³-hybridized carbons (Fsp3) is 0.208. The van der Waals surface area contributed by atoms with Gasteiger partial charge in [0.05, 0.1) is 19.9 Å². The molecule has 1 aliphatic heterocycles. The van der Waals surface area contributed by atoms with Crippen molar-refractivity contribution in [2.24, 2.45) is 0 Å². The summed E-state index contributed by atoms with van der Waals surface area (Å²) in [5.41, 5.74) is 1.52. The third kappa shape index (κ3) is 3.82. The molecule has 0 fully saturated rings. The first kappa shape index (κ1) is 20.4. The molecular formula is C24H22N2O5. The van der Waals surface area contributed by atoms with Crippen molar-refractivity contribution in [2.45, 2.75) is 12.8 Å². The van der Waals surface area contributed by atoms with Crippen molar-refractivity contribution < 1.29 is 23.9 Å². The maximum absolute atomic E-state index is 12.9. The van der Waals surface area contributed by atoms with E-state index in [0.29, 0.717) is 40.1 Å². The molecular weight excluding hydrogens is 396 g/mol. The fourth-order valence-electron chi connectivity index (χ4n) is 3.81. The van der Waals surface area contributed by atoms with Crippen LogP contribution in [0.4, 0.5) is 5.69 Å². The minimum Gasteiger partial charge on any atom is -0.497 e. The molecule has 0 atom stereocenters. The van der Waals surface area contributed by atoms with E-state index in [2.05, 4.69) is 5.32 Å². The predicted octanol–water partition coefficient (Wildman–Crippen LogP) is 3.87. The standard InChI is InChI=1S/C24H22N2O5/c1-30-16-11-12-20(31-2)19(14-16)25-21(27)10-5-13-26-23(28)17-8-3-6-15-7-4-9-18(22(15)17)24(26)29/h3-4,6-9,11-12,14H,5,10,13H2,1-2H3,(H,25,27). The van der Waals surface area contributed by atoms with Crippen LogP contribution in [0, 0.1) is 0 Å². The zero-order chi connectivity index (χ0) is 22.0. The van der Waals surface area contributed by atoms with Crippen LogP contribution in [-0.2, 0) is 4.79 Å². The Morgan fingerprint density at radius 3 is 2.23 bits per heavy atom. The van der Waals surface area contributed by atoms with Crippen molar-refractivity contribution in [3.05, 3.63) is 65.7 Å². The van der Waals surface area contributed by atoms with Gasteiger partial charge in [-0.2, -0.15) is 0 Å². The van der Waals surface area contributed by atoms with Gasteiger partial charge >= 0.3 is 0 Å². The number of hydrogen-bond donors (Lipinski definition) is 1. The van der Waals surface area contributed by atoms with E-state index < -0.39 is 0 Å². The van der Waals surface area contributed by atoms with E-state index in [0.717, 1.165) is 5.39 Å². The average Bonchev–Trinajstić information content (AvgIpc) is 2.79. The molecule has 0 saturated carbocycles. The van der Waals surface area contributed by atoms with Crippen LogP contribution in [0.5, 0.6) is 11.5 Å². The number of imide groups is 1. The molecule has 0 saturated heterocycles. The van der Waals surface area contributed by atoms with E-state index >= 15 is 0 Å². The van der Waals surface area contributed by atoms with Crippen LogP contribution in [-0.4, -0.2) is 43.4 Å². The molecule has 1 aliphatic rings. The summed E-state index contributed by atoms with van der Waals surface area (Å²) in [7, 11) is 3.06. The lowest BCUT2D eigenvalue weighted by Crippen LogP contribution is -2.41. The number of amides is 3. The summed E-state index contributed by atoms with van der Waals surface area (Å²) in [6.07, 6.45) is 0.483. The van der Waals surface area contributed by atoms with Gasteiger partial charge in [-0.1, -0.05) is 24.3 Å². The highest BCUT2D eigenvalue weighted by atomic mass is 16.5. The molecule has 3 amide bonds. The van der Waals surface area contributed by atoms with Crippen LogP contribution >= 0.6 is 0 Å². The molecule has 3 aromatic carbocycles. The Bertz CT molecular complexity index is 1140. The number of methoxy groups -OCH3 is 2. The molecule has 158 valence electrons. The molecule has 7 nitrogen and oxygen atoms in total. The summed E-state index contributed by atoms with van der Waals surface area (Å²) >= 11 is 0. The number of anilines is 1. The van der Waals surface area contributed by atoms with Gasteiger partial charge in [0.2, 0.25) is 5.91 Å². The maximum atomic E-state index is 12.9. The molecule has 0 aliphatic carbocycles. The quantitative estimate of drug-likeness (QED) is 0.589. The second-order valence-corrected chi connectivity index (χ2v) is 7.19. The van der Waals surface area contributed by atoms with Crippen molar-refractivity contribution >= 4 is 34.2 Å². The van der Waals surface area contributed by atoms with Gasteiger partial charge in [0, 0.05) is 35.5 Å². The third-order valence-electron chi connectivity index (χ3n) is 5.32. The predicted molar refractivity (Wildman–Crippen MR) is 117 cm³/mol. The van der Waals surface area contributed by atoms with Crippen LogP contribution in [0.1, 0.15) is 33.6 Å². The molecule has 0 spiro atoms. The highest BCUT2D eigenvalue weighted by Crippen LogP contribution is 2.31. The van der Waals surface area contributed by atoms with Crippen molar-refractivity contribution in [1.82, 2.24) is 4.90 Å². The number of rotatable bonds is 7. The summed E-state index contributed by atoms with van der Waals surface area (Å²) in [6, 6.07) is 16.0. The number of hydrogen-bond acceptors (Lipinski definition) is 5. The summed E-state index contributed by atoms with van der Waals surface area (Å²) in [5.74, 6) is 0.202. The minimum atomic E-state index is -0.329. The first-order chi connectivity index (χ1) is 15.0. The summed E-state index contributed by atoms with van der Waals surface area (Å²) < 4.78 is 10.5. The molecule has 0 radical (unpaired) electrons. The summed E-state index contributed by atoms with van der Waals surface area (Å²) in [6.45, 7) is 0.158. The molecule has 3 aromatic rings. The van der Waals surface area contributed by atoms with E-state index in [1.54, 1.807) is 37.4 Å². The van der Waals surface area contributed by atoms with Gasteiger partial charge < -0.3 is 14.8 Å². The number of benzene rings is 3. The summed E-state index contributed by atoms with van der Waals surface area (Å²) in [5, 5.41) is 4.35. The third-order valence-corrected chi connectivity index (χ3v) is 5.32. The monoisotopic (exact) mass is 418 g/mol. The first-order valence-corrected chi connectivity index (χ1v) is 9.93. The van der Waals surface area contributed by atoms with E-state index in [-0.39, 0.29) is 30.7 Å². The maximum Gasteiger partial charge on any atom is 0.261 e. The van der Waals surface area contributed by atoms with E-state index in [1.165, 1.54) is 12.0 Å². The molecule has 31 heavy (non-hydrogen) atoms. The molecule has 7 heteroatoms. The number of nitrogens with one attached hydrogen (secondary N) is 1. The molecule has 0 bridgehead atoms. The van der Waals surface area contributed by atoms with Gasteiger partial charge in [-0.15, -0.1) is 0 Å². The Balaban J connectivity index is 1.43. The van der Waals surface area contributed by atoms with Gasteiger partial charge in [-0.3, -0.25) is 19.3 Å². The Morgan fingerprint density at radius 2 is 1.61 bits per heavy atom. The number of nitrogens with zero attached hydrogens (tertiary/aromatic N) is 1. The topological polar surface area (TPSA) is 84.9 Å². The lowest BCUT2D eigenvalue weighted by atomic mass is 9.94. The van der Waals surface area contributed by atoms with E-state index in [1.807, 2.05) is 24.3 Å². The molecule has 0 aromatic heterocycles. The number of carbonyl (C=O) groups excluding carboxylic acids is 3. The van der Waals surface area contributed by atoms with Gasteiger partial charge in [0.15, 0.2) is 0 Å². The van der Waals surface area contributed by atoms with E-state index in [4.69, 9.17) is 9.47 Å². The van der Waals surface area contributed by atoms with Crippen LogP contribution in [0.2, 0.25) is 0 Å². The molecule has 1 N–H and O–H groups in total. The van der Waals surface area contributed by atoms with Gasteiger partial charge in [-0.25, -0.2) is 0 Å². The minimum absolute atomic E-state index is 0.142. The second kappa shape index (κ2) is 8.47. The number of ether oxygens (including phenoxy) is 2. The van der Waals surface area contributed by atoms with Crippen LogP contribution in [0.25, 0.3) is 10.8 Å². The Labute approximate surface area is 179 Å². The van der Waals surface area contributed by atoms with Crippen LogP contribution < -0.4 is 14.8 Å². The van der Waals surface area contributed by atoms with Gasteiger partial charge in [-0.05, 0) is 36.1 Å². The molecule has 0 unspecified atom stereocenters. The molecule has 4 rings (SSSR count). The van der Waals surface area contributed by atoms with Crippen LogP contribution in [0.3, 0.4) is 0 Å². The van der Waals surface area contributed by atoms with Crippen molar-refractivity contribution in [1.29, 1.82) is 0 Å². The Hall–Kier alpha value is -3.87. The highest BCUT2D eigenvalue weighted by molar-refractivity contribution is 6.25. The average molecular weight is 418 g/mol. The lowest BCUT2D eigenvalue weighted by molar-refractivity contribution is -0.116. The zero-order valence-electron chi connectivity index (χ0n) is 17.3. The van der Waals surface area contributed by atoms with Crippen molar-refractivity contribution in [3.8, 4) is 11.5 Å². The number of carbonyl (C=O) groups is 3. The largest absolute Gasteiger partial charge is 0.497 e. The van der Waals surface area contributed by atoms with Crippen LogP contribution in [0.15, 0.2) is 54.6 Å². The van der Waals surface area contributed by atoms with E-state index in [9.17, 15) is 14.4 Å².